The zero-order valence-electron chi connectivity index (χ0n) is 42.7. The molecular weight excluding hydrogens is 993 g/mol. The van der Waals surface area contributed by atoms with Crippen LogP contribution in [0.1, 0.15) is 41.7 Å². The van der Waals surface area contributed by atoms with Crippen molar-refractivity contribution in [2.75, 3.05) is 36.8 Å². The maximum absolute atomic E-state index is 13.2. The van der Waals surface area contributed by atoms with Gasteiger partial charge in [-0.05, 0) is 48.5 Å². The third-order valence-electron chi connectivity index (χ3n) is 13.4. The molecule has 2 fully saturated rings. The topological polar surface area (TPSA) is 261 Å². The second kappa shape index (κ2) is 22.5. The monoisotopic (exact) mass is 1040 g/mol. The summed E-state index contributed by atoms with van der Waals surface area (Å²) in [6.07, 6.45) is 0. The Bertz CT molecular complexity index is 4030. The van der Waals surface area contributed by atoms with Crippen molar-refractivity contribution in [3.63, 3.8) is 0 Å². The number of nitrogens with zero attached hydrogens (tertiary/aromatic N) is 7. The lowest BCUT2D eigenvalue weighted by Crippen LogP contribution is -2.50. The van der Waals surface area contributed by atoms with Crippen molar-refractivity contribution in [2.24, 2.45) is 11.8 Å². The molecule has 2 saturated heterocycles. The van der Waals surface area contributed by atoms with E-state index in [-0.39, 0.29) is 28.8 Å². The Labute approximate surface area is 444 Å². The minimum Gasteiger partial charge on any atom is -0.394 e. The van der Waals surface area contributed by atoms with Crippen LogP contribution in [0.15, 0.2) is 155 Å². The number of amides is 3. The van der Waals surface area contributed by atoms with Gasteiger partial charge < -0.3 is 25.6 Å². The standard InChI is InChI=1S/C28H24N6O3.C26H22N6O2.C4H6O3/c1-17(35)33-14-18(15-33)16-34-24-9-5-4-8-23(24)26(32-34)28(37)29-20-12-10-19(11-13-20)25-21-6-2-3-7-22(21)27(36)31-30-25;33-25-20-6-2-1-5-19(20)23(29-30-25)17-9-11-18(12-10-17)28-26(34)24-21-7-3-4-8-22(21)32(31-24)15-16-13-27-14-16;1-3(5)7-4(2)6/h2-13,18H,14-16H2,1H3,(H,29,37)(H,31,36);1-12,16,27H,13-15H2,(H,28,34)(H,30,33);1-2H3. The van der Waals surface area contributed by atoms with Crippen molar-refractivity contribution >= 4 is 84.4 Å². The number of ether oxygens (including phenoxy) is 1. The molecule has 12 rings (SSSR count). The van der Waals surface area contributed by atoms with E-state index in [2.05, 4.69) is 51.3 Å². The highest BCUT2D eigenvalue weighted by atomic mass is 16.6. The highest BCUT2D eigenvalue weighted by molar-refractivity contribution is 6.12. The fourth-order valence-corrected chi connectivity index (χ4v) is 9.45. The molecule has 0 radical (unpaired) electrons. The molecule has 6 heterocycles. The zero-order valence-corrected chi connectivity index (χ0v) is 42.7. The Morgan fingerprint density at radius 1 is 0.513 bits per heavy atom. The van der Waals surface area contributed by atoms with Gasteiger partial charge in [0.2, 0.25) is 5.91 Å². The summed E-state index contributed by atoms with van der Waals surface area (Å²) in [5, 5.41) is 36.4. The van der Waals surface area contributed by atoms with Crippen LogP contribution in [0.5, 0.6) is 0 Å². The predicted molar refractivity (Wildman–Crippen MR) is 296 cm³/mol. The number of fused-ring (bicyclic) bond motifs is 4. The second-order valence-electron chi connectivity index (χ2n) is 19.0. The first kappa shape index (κ1) is 51.5. The van der Waals surface area contributed by atoms with Gasteiger partial charge in [0.25, 0.3) is 22.9 Å². The van der Waals surface area contributed by atoms with Crippen molar-refractivity contribution in [3.05, 3.63) is 178 Å². The number of aromatic amines is 2. The fraction of sp³-hybridized carbons (Fsp3) is 0.190. The summed E-state index contributed by atoms with van der Waals surface area (Å²) in [6.45, 7) is 8.73. The van der Waals surface area contributed by atoms with E-state index in [4.69, 9.17) is 0 Å². The number of nitrogens with one attached hydrogen (secondary N) is 5. The molecule has 0 aliphatic carbocycles. The van der Waals surface area contributed by atoms with Crippen LogP contribution in [-0.4, -0.2) is 101 Å². The van der Waals surface area contributed by atoms with Crippen LogP contribution in [0.2, 0.25) is 0 Å². The van der Waals surface area contributed by atoms with Gasteiger partial charge in [-0.2, -0.15) is 20.4 Å². The molecule has 6 aromatic carbocycles. The average Bonchev–Trinajstić information content (AvgIpc) is 4.07. The van der Waals surface area contributed by atoms with Crippen molar-refractivity contribution in [2.45, 2.75) is 33.9 Å². The Morgan fingerprint density at radius 3 is 1.27 bits per heavy atom. The zero-order chi connectivity index (χ0) is 54.5. The maximum atomic E-state index is 13.2. The molecule has 4 aromatic heterocycles. The molecule has 20 nitrogen and oxygen atoms in total. The summed E-state index contributed by atoms with van der Waals surface area (Å²) in [7, 11) is 0. The lowest BCUT2D eigenvalue weighted by Gasteiger charge is -2.38. The van der Waals surface area contributed by atoms with Gasteiger partial charge in [0.1, 0.15) is 0 Å². The van der Waals surface area contributed by atoms with E-state index < -0.39 is 11.9 Å². The van der Waals surface area contributed by atoms with Gasteiger partial charge >= 0.3 is 11.9 Å². The van der Waals surface area contributed by atoms with E-state index in [1.54, 1.807) is 36.1 Å². The number of para-hydroxylation sites is 2. The lowest BCUT2D eigenvalue weighted by molar-refractivity contribution is -0.156. The third-order valence-corrected chi connectivity index (χ3v) is 13.4. The number of benzene rings is 6. The molecule has 0 spiro atoms. The molecule has 0 saturated carbocycles. The fourth-order valence-electron chi connectivity index (χ4n) is 9.45. The molecular formula is C58H52N12O8. The summed E-state index contributed by atoms with van der Waals surface area (Å²) in [5.41, 5.74) is 6.46. The Hall–Kier alpha value is -9.95. The molecule has 3 amide bonds. The van der Waals surface area contributed by atoms with Crippen LogP contribution in [0, 0.1) is 11.8 Å². The molecule has 20 heteroatoms. The number of carbonyl (C=O) groups is 5. The highest BCUT2D eigenvalue weighted by Gasteiger charge is 2.30. The van der Waals surface area contributed by atoms with E-state index in [1.807, 2.05) is 131 Å². The summed E-state index contributed by atoms with van der Waals surface area (Å²) < 4.78 is 7.77. The molecule has 0 unspecified atom stereocenters. The number of esters is 2. The normalized spacial score (nSPS) is 13.1. The molecule has 78 heavy (non-hydrogen) atoms. The summed E-state index contributed by atoms with van der Waals surface area (Å²) in [5.74, 6) is -0.744. The van der Waals surface area contributed by atoms with Gasteiger partial charge in [0.05, 0.1) is 33.2 Å². The minimum absolute atomic E-state index is 0.0807. The number of hydrogen-bond donors (Lipinski definition) is 5. The molecule has 10 aromatic rings. The Morgan fingerprint density at radius 2 is 0.897 bits per heavy atom. The van der Waals surface area contributed by atoms with Gasteiger partial charge in [-0.3, -0.25) is 42.9 Å². The SMILES string of the molecule is CC(=O)N1CC(Cn2nc(C(=O)Nc3ccc(-c4n[nH]c(=O)c5ccccc45)cc3)c3ccccc32)C1.CC(=O)OC(C)=O.O=C(Nc1ccc(-c2n[nH]c(=O)c3ccccc23)cc1)c1nn(CC2CNC2)c2ccccc12. The van der Waals surface area contributed by atoms with Gasteiger partial charge in [-0.15, -0.1) is 0 Å². The summed E-state index contributed by atoms with van der Waals surface area (Å²) in [6, 6.07) is 44.9. The van der Waals surface area contributed by atoms with Crippen molar-refractivity contribution in [1.29, 1.82) is 0 Å². The first-order valence-corrected chi connectivity index (χ1v) is 25.1. The van der Waals surface area contributed by atoms with Crippen LogP contribution in [0.3, 0.4) is 0 Å². The average molecular weight is 1050 g/mol. The molecule has 5 N–H and O–H groups in total. The van der Waals surface area contributed by atoms with Crippen molar-refractivity contribution < 1.29 is 28.7 Å². The van der Waals surface area contributed by atoms with E-state index in [0.717, 1.165) is 63.3 Å². The van der Waals surface area contributed by atoms with E-state index in [0.29, 0.717) is 76.4 Å². The molecule has 2 aliphatic heterocycles. The summed E-state index contributed by atoms with van der Waals surface area (Å²) in [4.78, 5) is 83.5. The third kappa shape index (κ3) is 11.2. The number of H-pyrrole nitrogens is 2. The van der Waals surface area contributed by atoms with Crippen LogP contribution in [0.4, 0.5) is 11.4 Å². The largest absolute Gasteiger partial charge is 0.394 e. The first-order valence-electron chi connectivity index (χ1n) is 25.1. The van der Waals surface area contributed by atoms with Gasteiger partial charge in [-0.25, -0.2) is 10.2 Å². The van der Waals surface area contributed by atoms with Crippen molar-refractivity contribution in [3.8, 4) is 22.5 Å². The van der Waals surface area contributed by atoms with Gasteiger partial charge in [-0.1, -0.05) is 97.1 Å². The number of hydrogen-bond acceptors (Lipinski definition) is 13. The Kier molecular flexibility index (Phi) is 14.9. The number of aromatic nitrogens is 8. The van der Waals surface area contributed by atoms with Gasteiger partial charge in [0.15, 0.2) is 11.4 Å². The van der Waals surface area contributed by atoms with Crippen LogP contribution >= 0.6 is 0 Å². The van der Waals surface area contributed by atoms with E-state index in [9.17, 15) is 33.6 Å². The van der Waals surface area contributed by atoms with Crippen LogP contribution in [0.25, 0.3) is 65.9 Å². The number of carbonyl (C=O) groups excluding carboxylic acids is 5. The highest BCUT2D eigenvalue weighted by Crippen LogP contribution is 2.29. The first-order chi connectivity index (χ1) is 37.8. The smallest absolute Gasteiger partial charge is 0.310 e. The van der Waals surface area contributed by atoms with E-state index in [1.165, 1.54) is 13.8 Å². The van der Waals surface area contributed by atoms with Crippen molar-refractivity contribution in [1.82, 2.24) is 50.2 Å². The number of anilines is 2. The van der Waals surface area contributed by atoms with Crippen LogP contribution in [-0.2, 0) is 32.2 Å². The quantitative estimate of drug-likeness (QED) is 0.0673. The van der Waals surface area contributed by atoms with E-state index >= 15 is 0 Å². The molecule has 0 atom stereocenters. The molecule has 2 aliphatic rings. The maximum Gasteiger partial charge on any atom is 0.310 e. The van der Waals surface area contributed by atoms with Crippen LogP contribution < -0.4 is 27.1 Å². The second-order valence-corrected chi connectivity index (χ2v) is 19.0. The number of likely N-dealkylation sites (tertiary alicyclic amines) is 1. The lowest BCUT2D eigenvalue weighted by atomic mass is 10.0. The summed E-state index contributed by atoms with van der Waals surface area (Å²) >= 11 is 0. The Balaban J connectivity index is 0.000000158. The molecule has 392 valence electrons. The van der Waals surface area contributed by atoms with Gasteiger partial charge in [0, 0.05) is 116 Å². The molecule has 0 bridgehead atoms. The predicted octanol–water partition coefficient (Wildman–Crippen LogP) is 7.18. The number of rotatable bonds is 10. The minimum atomic E-state index is -0.562.